The van der Waals surface area contributed by atoms with Crippen LogP contribution in [-0.2, 0) is 0 Å². The van der Waals surface area contributed by atoms with Crippen molar-refractivity contribution < 1.29 is 4.39 Å². The molecule has 4 heteroatoms. The van der Waals surface area contributed by atoms with Gasteiger partial charge in [-0.1, -0.05) is 24.2 Å². The second-order valence-corrected chi connectivity index (χ2v) is 5.32. The van der Waals surface area contributed by atoms with Crippen LogP contribution in [0.3, 0.4) is 0 Å². The summed E-state index contributed by atoms with van der Waals surface area (Å²) in [5.74, 6) is 0.736. The molecule has 16 heavy (non-hydrogen) atoms. The summed E-state index contributed by atoms with van der Waals surface area (Å²) in [6, 6.07) is 4.72. The Balaban J connectivity index is 1.71. The number of hydrogen-bond donors (Lipinski definition) is 1. The molecule has 0 aliphatic heterocycles. The summed E-state index contributed by atoms with van der Waals surface area (Å²) in [7, 11) is 0. The predicted octanol–water partition coefficient (Wildman–Crippen LogP) is 3.65. The molecule has 1 fully saturated rings. The van der Waals surface area contributed by atoms with Gasteiger partial charge in [0.1, 0.15) is 5.82 Å². The van der Waals surface area contributed by atoms with E-state index in [-0.39, 0.29) is 5.82 Å². The largest absolute Gasteiger partial charge is 0.361 e. The van der Waals surface area contributed by atoms with Gasteiger partial charge in [-0.25, -0.2) is 9.37 Å². The van der Waals surface area contributed by atoms with Gasteiger partial charge in [-0.2, -0.15) is 0 Å². The second kappa shape index (κ2) is 4.01. The van der Waals surface area contributed by atoms with E-state index in [0.717, 1.165) is 27.8 Å². The summed E-state index contributed by atoms with van der Waals surface area (Å²) in [4.78, 5) is 4.41. The van der Waals surface area contributed by atoms with Gasteiger partial charge in [0.25, 0.3) is 0 Å². The van der Waals surface area contributed by atoms with Crippen molar-refractivity contribution in [3.05, 3.63) is 24.0 Å². The van der Waals surface area contributed by atoms with Crippen molar-refractivity contribution >= 4 is 26.7 Å². The SMILES string of the molecule is Fc1ccc2nc(NCCC3CC3)sc2c1. The molecule has 1 saturated carbocycles. The summed E-state index contributed by atoms with van der Waals surface area (Å²) in [6.45, 7) is 0.979. The van der Waals surface area contributed by atoms with Crippen molar-refractivity contribution in [2.75, 3.05) is 11.9 Å². The normalized spacial score (nSPS) is 15.6. The van der Waals surface area contributed by atoms with Crippen LogP contribution in [0.5, 0.6) is 0 Å². The fourth-order valence-corrected chi connectivity index (χ4v) is 2.68. The number of nitrogens with one attached hydrogen (secondary N) is 1. The first-order valence-corrected chi connectivity index (χ1v) is 6.43. The smallest absolute Gasteiger partial charge is 0.183 e. The monoisotopic (exact) mass is 236 g/mol. The van der Waals surface area contributed by atoms with Gasteiger partial charge in [0, 0.05) is 6.54 Å². The molecule has 1 aromatic carbocycles. The molecule has 0 unspecified atom stereocenters. The van der Waals surface area contributed by atoms with E-state index >= 15 is 0 Å². The summed E-state index contributed by atoms with van der Waals surface area (Å²) in [5.41, 5.74) is 0.875. The van der Waals surface area contributed by atoms with Crippen LogP contribution >= 0.6 is 11.3 Å². The van der Waals surface area contributed by atoms with Crippen LogP contribution < -0.4 is 5.32 Å². The first kappa shape index (κ1) is 10.0. The third-order valence-corrected chi connectivity index (χ3v) is 3.85. The maximum Gasteiger partial charge on any atom is 0.183 e. The molecule has 1 aliphatic carbocycles. The summed E-state index contributed by atoms with van der Waals surface area (Å²) in [6.07, 6.45) is 3.99. The minimum absolute atomic E-state index is 0.194. The van der Waals surface area contributed by atoms with Crippen molar-refractivity contribution in [1.29, 1.82) is 0 Å². The van der Waals surface area contributed by atoms with E-state index in [9.17, 15) is 4.39 Å². The number of fused-ring (bicyclic) bond motifs is 1. The Labute approximate surface area is 97.5 Å². The molecule has 0 atom stereocenters. The maximum atomic E-state index is 13.0. The minimum Gasteiger partial charge on any atom is -0.361 e. The van der Waals surface area contributed by atoms with E-state index in [1.54, 1.807) is 12.1 Å². The molecular weight excluding hydrogens is 223 g/mol. The lowest BCUT2D eigenvalue weighted by atomic mass is 10.3. The van der Waals surface area contributed by atoms with Crippen LogP contribution in [0.15, 0.2) is 18.2 Å². The highest BCUT2D eigenvalue weighted by Crippen LogP contribution is 2.32. The average Bonchev–Trinajstić information content (AvgIpc) is 2.98. The highest BCUT2D eigenvalue weighted by molar-refractivity contribution is 7.22. The first-order chi connectivity index (χ1) is 7.81. The lowest BCUT2D eigenvalue weighted by Gasteiger charge is -1.99. The third-order valence-electron chi connectivity index (χ3n) is 2.88. The lowest BCUT2D eigenvalue weighted by molar-refractivity contribution is 0.630. The van der Waals surface area contributed by atoms with Gasteiger partial charge in [0.2, 0.25) is 0 Å². The number of anilines is 1. The quantitative estimate of drug-likeness (QED) is 0.876. The zero-order valence-electron chi connectivity index (χ0n) is 8.87. The van der Waals surface area contributed by atoms with Crippen LogP contribution in [0.4, 0.5) is 9.52 Å². The number of rotatable bonds is 4. The minimum atomic E-state index is -0.194. The van der Waals surface area contributed by atoms with Gasteiger partial charge in [-0.15, -0.1) is 0 Å². The Morgan fingerprint density at radius 3 is 3.12 bits per heavy atom. The zero-order valence-corrected chi connectivity index (χ0v) is 9.69. The van der Waals surface area contributed by atoms with Crippen LogP contribution in [0.2, 0.25) is 0 Å². The van der Waals surface area contributed by atoms with E-state index in [2.05, 4.69) is 10.3 Å². The Morgan fingerprint density at radius 1 is 1.44 bits per heavy atom. The van der Waals surface area contributed by atoms with Crippen molar-refractivity contribution in [2.24, 2.45) is 5.92 Å². The number of halogens is 1. The molecule has 0 radical (unpaired) electrons. The summed E-state index contributed by atoms with van der Waals surface area (Å²) >= 11 is 1.52. The number of benzene rings is 1. The Morgan fingerprint density at radius 2 is 2.31 bits per heavy atom. The standard InChI is InChI=1S/C12H13FN2S/c13-9-3-4-10-11(7-9)16-12(15-10)14-6-5-8-1-2-8/h3-4,7-8H,1-2,5-6H2,(H,14,15). The molecule has 1 N–H and O–H groups in total. The third kappa shape index (κ3) is 2.16. The van der Waals surface area contributed by atoms with E-state index in [1.807, 2.05) is 0 Å². The van der Waals surface area contributed by atoms with Gasteiger partial charge in [-0.05, 0) is 30.5 Å². The number of hydrogen-bond acceptors (Lipinski definition) is 3. The number of thiazole rings is 1. The number of nitrogens with zero attached hydrogens (tertiary/aromatic N) is 1. The maximum absolute atomic E-state index is 13.0. The molecule has 0 saturated heterocycles. The van der Waals surface area contributed by atoms with E-state index in [4.69, 9.17) is 0 Å². The Hall–Kier alpha value is -1.16. The molecule has 2 aromatic rings. The van der Waals surface area contributed by atoms with E-state index < -0.39 is 0 Å². The molecule has 84 valence electrons. The molecule has 0 spiro atoms. The lowest BCUT2D eigenvalue weighted by Crippen LogP contribution is -2.01. The molecule has 1 aromatic heterocycles. The highest BCUT2D eigenvalue weighted by atomic mass is 32.1. The molecule has 1 aliphatic rings. The Kier molecular flexibility index (Phi) is 2.52. The second-order valence-electron chi connectivity index (χ2n) is 4.29. The van der Waals surface area contributed by atoms with Gasteiger partial charge >= 0.3 is 0 Å². The van der Waals surface area contributed by atoms with Gasteiger partial charge < -0.3 is 5.32 Å². The van der Waals surface area contributed by atoms with Gasteiger partial charge in [0.05, 0.1) is 10.2 Å². The van der Waals surface area contributed by atoms with Crippen LogP contribution in [-0.4, -0.2) is 11.5 Å². The molecule has 1 heterocycles. The molecule has 2 nitrogen and oxygen atoms in total. The summed E-state index contributed by atoms with van der Waals surface area (Å²) < 4.78 is 13.9. The van der Waals surface area contributed by atoms with Crippen molar-refractivity contribution in [3.63, 3.8) is 0 Å². The first-order valence-electron chi connectivity index (χ1n) is 5.61. The fraction of sp³-hybridized carbons (Fsp3) is 0.417. The summed E-state index contributed by atoms with van der Waals surface area (Å²) in [5, 5.41) is 4.21. The van der Waals surface area contributed by atoms with E-state index in [0.29, 0.717) is 0 Å². The average molecular weight is 236 g/mol. The van der Waals surface area contributed by atoms with Gasteiger partial charge in [-0.3, -0.25) is 0 Å². The molecular formula is C12H13FN2S. The molecule has 3 rings (SSSR count). The molecule has 0 amide bonds. The Bertz CT molecular complexity index is 505. The van der Waals surface area contributed by atoms with Crippen molar-refractivity contribution in [3.8, 4) is 0 Å². The fourth-order valence-electron chi connectivity index (χ4n) is 1.76. The zero-order chi connectivity index (χ0) is 11.0. The van der Waals surface area contributed by atoms with Crippen LogP contribution in [0.1, 0.15) is 19.3 Å². The predicted molar refractivity (Wildman–Crippen MR) is 65.4 cm³/mol. The molecule has 0 bridgehead atoms. The topological polar surface area (TPSA) is 24.9 Å². The van der Waals surface area contributed by atoms with Crippen LogP contribution in [0, 0.1) is 11.7 Å². The van der Waals surface area contributed by atoms with Crippen molar-refractivity contribution in [2.45, 2.75) is 19.3 Å². The van der Waals surface area contributed by atoms with Crippen molar-refractivity contribution in [1.82, 2.24) is 4.98 Å². The van der Waals surface area contributed by atoms with Crippen LogP contribution in [0.25, 0.3) is 10.2 Å². The van der Waals surface area contributed by atoms with E-state index in [1.165, 1.54) is 36.7 Å². The van der Waals surface area contributed by atoms with Gasteiger partial charge in [0.15, 0.2) is 5.13 Å². The highest BCUT2D eigenvalue weighted by Gasteiger charge is 2.20. The number of aromatic nitrogens is 1.